The van der Waals surface area contributed by atoms with Crippen molar-refractivity contribution in [3.63, 3.8) is 0 Å². The monoisotopic (exact) mass is 477 g/mol. The van der Waals surface area contributed by atoms with Crippen molar-refractivity contribution in [1.82, 2.24) is 14.7 Å². The highest BCUT2D eigenvalue weighted by molar-refractivity contribution is 8.44. The fourth-order valence-corrected chi connectivity index (χ4v) is 4.27. The van der Waals surface area contributed by atoms with Crippen molar-refractivity contribution in [1.29, 1.82) is 0 Å². The van der Waals surface area contributed by atoms with Crippen LogP contribution in [0.25, 0.3) is 0 Å². The molecule has 0 radical (unpaired) electrons. The minimum absolute atomic E-state index is 0.00546. The summed E-state index contributed by atoms with van der Waals surface area (Å²) >= 11 is 3.49. The predicted molar refractivity (Wildman–Crippen MR) is 124 cm³/mol. The zero-order chi connectivity index (χ0) is 22.9. The first-order valence-electron chi connectivity index (χ1n) is 10.9. The predicted octanol–water partition coefficient (Wildman–Crippen LogP) is 2.62. The van der Waals surface area contributed by atoms with Crippen LogP contribution < -0.4 is 4.52 Å². The summed E-state index contributed by atoms with van der Waals surface area (Å²) in [5.74, 6) is 0.499. The normalized spacial score (nSPS) is 21.0. The summed E-state index contributed by atoms with van der Waals surface area (Å²) in [5.41, 5.74) is 2.83. The van der Waals surface area contributed by atoms with Gasteiger partial charge >= 0.3 is 6.80 Å². The molecule has 0 amide bonds. The lowest BCUT2D eigenvalue weighted by Crippen LogP contribution is -2.29. The Hall–Kier alpha value is -2.22. The summed E-state index contributed by atoms with van der Waals surface area (Å²) < 4.78 is 15.9. The van der Waals surface area contributed by atoms with E-state index in [9.17, 15) is 14.2 Å². The van der Waals surface area contributed by atoms with E-state index in [4.69, 9.17) is 9.42 Å². The summed E-state index contributed by atoms with van der Waals surface area (Å²) in [6.07, 6.45) is 4.48. The molecular formula is C22H28N3O5PS. The van der Waals surface area contributed by atoms with Gasteiger partial charge in [0.1, 0.15) is 17.1 Å². The second-order valence-electron chi connectivity index (χ2n) is 8.17. The van der Waals surface area contributed by atoms with Crippen LogP contribution in [0.5, 0.6) is 5.75 Å². The van der Waals surface area contributed by atoms with Gasteiger partial charge in [-0.15, -0.1) is 0 Å². The molecule has 0 saturated carbocycles. The average Bonchev–Trinajstić information content (AvgIpc) is 3.59. The molecule has 10 heteroatoms. The maximum atomic E-state index is 12.4. The summed E-state index contributed by atoms with van der Waals surface area (Å²) in [4.78, 5) is 39.5. The van der Waals surface area contributed by atoms with Crippen molar-refractivity contribution < 1.29 is 23.6 Å². The van der Waals surface area contributed by atoms with Crippen LogP contribution >= 0.6 is 19.0 Å². The standard InChI is InChI=1S/C12H13N3O2.C10H15O3PS/c16-9-7-8(13-1-2-13)12(17)11(15-5-6-15)10(9)14-3-4-14;1-2-3-6-9-7-4-5-8-10(9)13-14(11,12)15/h7H,1-6H2;4-5,7-8H,2-3,6H2,1H3,(H2,11,12,15). The number of aryl methyl sites for hydroxylation is 1. The number of unbranched alkanes of at least 4 members (excludes halogenated alkanes) is 1. The Labute approximate surface area is 193 Å². The zero-order valence-electron chi connectivity index (χ0n) is 18.1. The van der Waals surface area contributed by atoms with E-state index in [0.717, 1.165) is 64.1 Å². The fourth-order valence-electron chi connectivity index (χ4n) is 3.57. The molecule has 3 saturated heterocycles. The highest BCUT2D eigenvalue weighted by atomic mass is 32.7. The number of benzene rings is 1. The topological polar surface area (TPSA) is 89.7 Å². The van der Waals surface area contributed by atoms with Crippen molar-refractivity contribution in [2.75, 3.05) is 39.3 Å². The number of hydrogen-bond donors (Lipinski definition) is 2. The molecule has 0 spiro atoms. The molecule has 4 aliphatic rings. The lowest BCUT2D eigenvalue weighted by molar-refractivity contribution is -0.117. The molecule has 5 rings (SSSR count). The van der Waals surface area contributed by atoms with Crippen LogP contribution in [0.2, 0.25) is 0 Å². The Kier molecular flexibility index (Phi) is 6.70. The van der Waals surface area contributed by atoms with Crippen molar-refractivity contribution in [2.24, 2.45) is 0 Å². The average molecular weight is 478 g/mol. The van der Waals surface area contributed by atoms with Gasteiger partial charge in [0.2, 0.25) is 11.6 Å². The zero-order valence-corrected chi connectivity index (χ0v) is 19.9. The highest BCUT2D eigenvalue weighted by Crippen LogP contribution is 2.47. The second kappa shape index (κ2) is 9.33. The van der Waals surface area contributed by atoms with Crippen LogP contribution in [0, 0.1) is 0 Å². The molecular weight excluding hydrogens is 449 g/mol. The Morgan fingerprint density at radius 2 is 1.59 bits per heavy atom. The van der Waals surface area contributed by atoms with Crippen LogP contribution in [0.3, 0.4) is 0 Å². The summed E-state index contributed by atoms with van der Waals surface area (Å²) in [5, 5.41) is 0. The van der Waals surface area contributed by atoms with E-state index in [1.165, 1.54) is 6.08 Å². The summed E-state index contributed by atoms with van der Waals surface area (Å²) in [6, 6.07) is 7.24. The molecule has 8 nitrogen and oxygen atoms in total. The van der Waals surface area contributed by atoms with Crippen molar-refractivity contribution in [2.45, 2.75) is 26.2 Å². The highest BCUT2D eigenvalue weighted by Gasteiger charge is 2.43. The van der Waals surface area contributed by atoms with Gasteiger partial charge in [0.15, 0.2) is 0 Å². The van der Waals surface area contributed by atoms with Crippen molar-refractivity contribution >= 4 is 30.6 Å². The molecule has 3 aliphatic heterocycles. The number of carbonyl (C=O) groups is 2. The van der Waals surface area contributed by atoms with Gasteiger partial charge in [0.25, 0.3) is 0 Å². The molecule has 1 aliphatic carbocycles. The number of Topliss-reactive ketones (excluding diaryl/α,β-unsaturated/α-hetero) is 1. The van der Waals surface area contributed by atoms with Gasteiger partial charge in [-0.2, -0.15) is 0 Å². The molecule has 172 valence electrons. The van der Waals surface area contributed by atoms with Crippen LogP contribution in [0.15, 0.2) is 47.4 Å². The van der Waals surface area contributed by atoms with Crippen molar-refractivity contribution in [3.05, 3.63) is 53.0 Å². The molecule has 0 bridgehead atoms. The minimum Gasteiger partial charge on any atom is -0.417 e. The first-order valence-corrected chi connectivity index (χ1v) is 13.6. The van der Waals surface area contributed by atoms with E-state index in [1.54, 1.807) is 12.1 Å². The van der Waals surface area contributed by atoms with Crippen molar-refractivity contribution in [3.8, 4) is 5.75 Å². The Morgan fingerprint density at radius 1 is 1.00 bits per heavy atom. The maximum absolute atomic E-state index is 12.4. The van der Waals surface area contributed by atoms with E-state index < -0.39 is 6.80 Å². The van der Waals surface area contributed by atoms with Gasteiger partial charge in [0.05, 0.1) is 5.70 Å². The van der Waals surface area contributed by atoms with Crippen LogP contribution in [0.4, 0.5) is 0 Å². The van der Waals surface area contributed by atoms with Crippen LogP contribution in [-0.2, 0) is 20.6 Å². The van der Waals surface area contributed by atoms with E-state index in [-0.39, 0.29) is 11.6 Å². The second-order valence-corrected chi connectivity index (χ2v) is 10.9. The van der Waals surface area contributed by atoms with E-state index in [2.05, 4.69) is 19.2 Å². The molecule has 32 heavy (non-hydrogen) atoms. The number of ketones is 2. The Morgan fingerprint density at radius 3 is 2.16 bits per heavy atom. The minimum atomic E-state index is -3.75. The van der Waals surface area contributed by atoms with E-state index in [0.29, 0.717) is 22.8 Å². The van der Waals surface area contributed by atoms with Gasteiger partial charge < -0.3 is 24.1 Å². The van der Waals surface area contributed by atoms with E-state index in [1.807, 2.05) is 26.8 Å². The number of para-hydroxylation sites is 1. The number of rotatable bonds is 8. The molecule has 1 aromatic carbocycles. The molecule has 0 aromatic heterocycles. The lowest BCUT2D eigenvalue weighted by atomic mass is 10.0. The van der Waals surface area contributed by atoms with Crippen LogP contribution in [0.1, 0.15) is 25.3 Å². The maximum Gasteiger partial charge on any atom is 0.434 e. The first kappa shape index (κ1) is 23.0. The molecule has 1 unspecified atom stereocenters. The molecule has 3 fully saturated rings. The van der Waals surface area contributed by atoms with Gasteiger partial charge in [-0.1, -0.05) is 31.5 Å². The molecule has 3 heterocycles. The first-order chi connectivity index (χ1) is 15.3. The van der Waals surface area contributed by atoms with Gasteiger partial charge in [-0.3, -0.25) is 9.59 Å². The van der Waals surface area contributed by atoms with Crippen LogP contribution in [-0.4, -0.2) is 70.4 Å². The third kappa shape index (κ3) is 5.77. The van der Waals surface area contributed by atoms with Gasteiger partial charge in [0, 0.05) is 45.3 Å². The smallest absolute Gasteiger partial charge is 0.417 e. The third-order valence-corrected chi connectivity index (χ3v) is 6.16. The van der Waals surface area contributed by atoms with Gasteiger partial charge in [-0.25, -0.2) is 4.57 Å². The molecule has 1 atom stereocenters. The number of nitrogens with zero attached hydrogens (tertiary/aromatic N) is 3. The number of allylic oxidation sites excluding steroid dienone is 1. The Balaban J connectivity index is 0.000000155. The quantitative estimate of drug-likeness (QED) is 0.256. The lowest BCUT2D eigenvalue weighted by Gasteiger charge is -2.21. The summed E-state index contributed by atoms with van der Waals surface area (Å²) in [7, 11) is 0. The fraction of sp³-hybridized carbons (Fsp3) is 0.455. The third-order valence-electron chi connectivity index (χ3n) is 5.48. The van der Waals surface area contributed by atoms with E-state index >= 15 is 0 Å². The molecule has 1 N–H and O–H groups in total. The number of hydrogen-bond acceptors (Lipinski definition) is 7. The summed E-state index contributed by atoms with van der Waals surface area (Å²) in [6.45, 7) is 3.75. The largest absolute Gasteiger partial charge is 0.434 e. The molecule has 1 aromatic rings. The number of thiol groups is 1. The SMILES string of the molecule is CCCCc1ccccc1OP(=O)(O)S.O=C1C=C(N2CC2)C(=O)C(N2CC2)=C1N1CC1. The Bertz CT molecular complexity index is 1020. The van der Waals surface area contributed by atoms with Gasteiger partial charge in [-0.05, 0) is 36.7 Å². The number of carbonyl (C=O) groups excluding carboxylic acids is 2.